The Balaban J connectivity index is 2.37. The molecule has 0 radical (unpaired) electrons. The minimum absolute atomic E-state index is 0.312. The number of ether oxygens (including phenoxy) is 2. The molecule has 2 nitrogen and oxygen atoms in total. The number of hydrogen-bond donors (Lipinski definition) is 0. The van der Waals surface area contributed by atoms with Gasteiger partial charge in [0.1, 0.15) is 0 Å². The maximum atomic E-state index is 5.67. The highest BCUT2D eigenvalue weighted by Gasteiger charge is 2.15. The number of hydrogen-bond acceptors (Lipinski definition) is 2. The molecule has 0 amide bonds. The van der Waals surface area contributed by atoms with Crippen LogP contribution in [-0.2, 0) is 6.42 Å². The van der Waals surface area contributed by atoms with Crippen molar-refractivity contribution in [3.8, 4) is 11.5 Å². The number of benzene rings is 1. The SMILES string of the molecule is ClCCc1cc2c(cc1Br)OCO2. The van der Waals surface area contributed by atoms with Crippen molar-refractivity contribution in [2.45, 2.75) is 6.42 Å². The Labute approximate surface area is 89.9 Å². The molecule has 0 aliphatic carbocycles. The molecule has 70 valence electrons. The summed E-state index contributed by atoms with van der Waals surface area (Å²) in [6, 6.07) is 3.89. The molecule has 0 N–H and O–H groups in total. The zero-order valence-electron chi connectivity index (χ0n) is 6.85. The van der Waals surface area contributed by atoms with E-state index < -0.39 is 0 Å². The average molecular weight is 264 g/mol. The third-order valence-corrected chi connectivity index (χ3v) is 2.83. The Hall–Kier alpha value is -0.410. The van der Waals surface area contributed by atoms with E-state index in [1.165, 1.54) is 0 Å². The van der Waals surface area contributed by atoms with Crippen LogP contribution < -0.4 is 9.47 Å². The summed E-state index contributed by atoms with van der Waals surface area (Å²) in [7, 11) is 0. The van der Waals surface area contributed by atoms with Gasteiger partial charge in [-0.15, -0.1) is 11.6 Å². The second-order valence-electron chi connectivity index (χ2n) is 2.74. The van der Waals surface area contributed by atoms with E-state index in [1.807, 2.05) is 12.1 Å². The quantitative estimate of drug-likeness (QED) is 0.764. The Morgan fingerprint density at radius 3 is 2.69 bits per heavy atom. The van der Waals surface area contributed by atoms with Crippen LogP contribution in [0, 0.1) is 0 Å². The average Bonchev–Trinajstić information content (AvgIpc) is 2.52. The van der Waals surface area contributed by atoms with Gasteiger partial charge < -0.3 is 9.47 Å². The molecule has 0 aromatic heterocycles. The first-order valence-electron chi connectivity index (χ1n) is 3.95. The second kappa shape index (κ2) is 3.76. The summed E-state index contributed by atoms with van der Waals surface area (Å²) in [4.78, 5) is 0. The van der Waals surface area contributed by atoms with Crippen LogP contribution >= 0.6 is 27.5 Å². The molecule has 0 saturated heterocycles. The molecular weight excluding hydrogens is 255 g/mol. The summed E-state index contributed by atoms with van der Waals surface area (Å²) in [6.07, 6.45) is 0.832. The van der Waals surface area contributed by atoms with E-state index in [9.17, 15) is 0 Å². The maximum absolute atomic E-state index is 5.67. The van der Waals surface area contributed by atoms with Crippen molar-refractivity contribution in [3.05, 3.63) is 22.2 Å². The first kappa shape index (κ1) is 9.16. The van der Waals surface area contributed by atoms with E-state index in [2.05, 4.69) is 15.9 Å². The molecule has 1 heterocycles. The van der Waals surface area contributed by atoms with E-state index >= 15 is 0 Å². The fourth-order valence-electron chi connectivity index (χ4n) is 1.25. The summed E-state index contributed by atoms with van der Waals surface area (Å²) in [6.45, 7) is 0.312. The number of fused-ring (bicyclic) bond motifs is 1. The number of alkyl halides is 1. The predicted molar refractivity (Wildman–Crippen MR) is 54.7 cm³/mol. The molecule has 1 aromatic rings. The van der Waals surface area contributed by atoms with Crippen molar-refractivity contribution in [2.24, 2.45) is 0 Å². The van der Waals surface area contributed by atoms with Crippen LogP contribution in [0.4, 0.5) is 0 Å². The normalized spacial score (nSPS) is 13.4. The molecular formula is C9H8BrClO2. The molecule has 4 heteroatoms. The highest BCUT2D eigenvalue weighted by molar-refractivity contribution is 9.10. The van der Waals surface area contributed by atoms with Crippen LogP contribution in [0.15, 0.2) is 16.6 Å². The fraction of sp³-hybridized carbons (Fsp3) is 0.333. The molecule has 1 aromatic carbocycles. The number of halogens is 2. The Morgan fingerprint density at radius 1 is 1.31 bits per heavy atom. The van der Waals surface area contributed by atoms with Crippen molar-refractivity contribution in [2.75, 3.05) is 12.7 Å². The van der Waals surface area contributed by atoms with E-state index in [0.717, 1.165) is 28.0 Å². The van der Waals surface area contributed by atoms with E-state index in [4.69, 9.17) is 21.1 Å². The third-order valence-electron chi connectivity index (χ3n) is 1.91. The van der Waals surface area contributed by atoms with Gasteiger partial charge in [0.15, 0.2) is 11.5 Å². The van der Waals surface area contributed by atoms with Gasteiger partial charge in [-0.1, -0.05) is 15.9 Å². The van der Waals surface area contributed by atoms with Gasteiger partial charge >= 0.3 is 0 Å². The maximum Gasteiger partial charge on any atom is 0.231 e. The number of aryl methyl sites for hydroxylation is 1. The molecule has 0 unspecified atom stereocenters. The standard InChI is InChI=1S/C9H8BrClO2/c10-7-4-9-8(12-5-13-9)3-6(7)1-2-11/h3-4H,1-2,5H2. The summed E-state index contributed by atoms with van der Waals surface area (Å²) in [5.41, 5.74) is 1.15. The Morgan fingerprint density at radius 2 is 2.00 bits per heavy atom. The largest absolute Gasteiger partial charge is 0.454 e. The summed E-state index contributed by atoms with van der Waals surface area (Å²) in [5, 5.41) is 0. The van der Waals surface area contributed by atoms with Crippen LogP contribution in [0.25, 0.3) is 0 Å². The van der Waals surface area contributed by atoms with Crippen LogP contribution in [-0.4, -0.2) is 12.7 Å². The lowest BCUT2D eigenvalue weighted by molar-refractivity contribution is 0.174. The van der Waals surface area contributed by atoms with E-state index in [-0.39, 0.29) is 0 Å². The zero-order valence-corrected chi connectivity index (χ0v) is 9.19. The summed E-state index contributed by atoms with van der Waals surface area (Å²) < 4.78 is 11.5. The third kappa shape index (κ3) is 1.76. The smallest absolute Gasteiger partial charge is 0.231 e. The molecule has 0 spiro atoms. The molecule has 1 aliphatic rings. The van der Waals surface area contributed by atoms with Gasteiger partial charge in [0.2, 0.25) is 6.79 Å². The summed E-state index contributed by atoms with van der Waals surface area (Å²) >= 11 is 9.12. The van der Waals surface area contributed by atoms with Crippen molar-refractivity contribution < 1.29 is 9.47 Å². The van der Waals surface area contributed by atoms with Gasteiger partial charge in [-0.2, -0.15) is 0 Å². The lowest BCUT2D eigenvalue weighted by Crippen LogP contribution is -1.93. The minimum atomic E-state index is 0.312. The van der Waals surface area contributed by atoms with Gasteiger partial charge in [-0.25, -0.2) is 0 Å². The van der Waals surface area contributed by atoms with Crippen molar-refractivity contribution >= 4 is 27.5 Å². The van der Waals surface area contributed by atoms with Crippen LogP contribution in [0.3, 0.4) is 0 Å². The van der Waals surface area contributed by atoms with Crippen LogP contribution in [0.2, 0.25) is 0 Å². The predicted octanol–water partition coefficient (Wildman–Crippen LogP) is 2.96. The van der Waals surface area contributed by atoms with Crippen molar-refractivity contribution in [3.63, 3.8) is 0 Å². The van der Waals surface area contributed by atoms with Gasteiger partial charge in [-0.3, -0.25) is 0 Å². The molecule has 13 heavy (non-hydrogen) atoms. The molecule has 0 bridgehead atoms. The molecule has 0 fully saturated rings. The van der Waals surface area contributed by atoms with Gasteiger partial charge in [0.25, 0.3) is 0 Å². The first-order chi connectivity index (χ1) is 6.31. The monoisotopic (exact) mass is 262 g/mol. The highest BCUT2D eigenvalue weighted by atomic mass is 79.9. The lowest BCUT2D eigenvalue weighted by atomic mass is 10.1. The van der Waals surface area contributed by atoms with Gasteiger partial charge in [0.05, 0.1) is 0 Å². The zero-order chi connectivity index (χ0) is 9.26. The minimum Gasteiger partial charge on any atom is -0.454 e. The molecule has 0 saturated carbocycles. The summed E-state index contributed by atoms with van der Waals surface area (Å²) in [5.74, 6) is 2.21. The molecule has 2 rings (SSSR count). The topological polar surface area (TPSA) is 18.5 Å². The number of rotatable bonds is 2. The van der Waals surface area contributed by atoms with Gasteiger partial charge in [0, 0.05) is 10.4 Å². The van der Waals surface area contributed by atoms with E-state index in [1.54, 1.807) is 0 Å². The Kier molecular flexibility index (Phi) is 2.65. The van der Waals surface area contributed by atoms with Crippen LogP contribution in [0.1, 0.15) is 5.56 Å². The molecule has 0 atom stereocenters. The lowest BCUT2D eigenvalue weighted by Gasteiger charge is -2.03. The fourth-order valence-corrected chi connectivity index (χ4v) is 1.98. The first-order valence-corrected chi connectivity index (χ1v) is 5.28. The second-order valence-corrected chi connectivity index (χ2v) is 3.97. The van der Waals surface area contributed by atoms with Crippen molar-refractivity contribution in [1.82, 2.24) is 0 Å². The van der Waals surface area contributed by atoms with E-state index in [0.29, 0.717) is 12.7 Å². The Bertz CT molecular complexity index is 328. The molecule has 1 aliphatic heterocycles. The highest BCUT2D eigenvalue weighted by Crippen LogP contribution is 2.37. The van der Waals surface area contributed by atoms with Crippen LogP contribution in [0.5, 0.6) is 11.5 Å². The van der Waals surface area contributed by atoms with Gasteiger partial charge in [-0.05, 0) is 24.1 Å². The van der Waals surface area contributed by atoms with Crippen molar-refractivity contribution in [1.29, 1.82) is 0 Å².